The highest BCUT2D eigenvalue weighted by Crippen LogP contribution is 2.04. The highest BCUT2D eigenvalue weighted by Gasteiger charge is 1.79. The van der Waals surface area contributed by atoms with Crippen LogP contribution in [0.1, 0.15) is 5.56 Å². The Morgan fingerprint density at radius 1 is 1.20 bits per heavy atom. The first kappa shape index (κ1) is 7.38. The monoisotopic (exact) mass is 152 g/mol. The molecule has 0 heterocycles. The maximum atomic E-state index is 8.36. The van der Waals surface area contributed by atoms with E-state index in [1.54, 1.807) is 5.41 Å². The van der Waals surface area contributed by atoms with Gasteiger partial charge < -0.3 is 4.55 Å². The van der Waals surface area contributed by atoms with Gasteiger partial charge in [0.2, 0.25) is 0 Å². The predicted molar refractivity (Wildman–Crippen MR) is 45.7 cm³/mol. The van der Waals surface area contributed by atoms with E-state index in [2.05, 4.69) is 0 Å². The molecule has 0 bridgehead atoms. The fourth-order valence-electron chi connectivity index (χ4n) is 0.673. The van der Waals surface area contributed by atoms with Crippen molar-refractivity contribution in [1.29, 1.82) is 0 Å². The fourth-order valence-corrected chi connectivity index (χ4v) is 0.891. The molecule has 0 saturated carbocycles. The Balaban J connectivity index is 2.67. The van der Waals surface area contributed by atoms with E-state index in [9.17, 15) is 0 Å². The lowest BCUT2D eigenvalue weighted by atomic mass is 10.2. The topological polar surface area (TPSA) is 20.2 Å². The maximum absolute atomic E-state index is 8.36. The first-order chi connectivity index (χ1) is 4.93. The molecular formula is C8H8OS. The highest BCUT2D eigenvalue weighted by atomic mass is 32.2. The third kappa shape index (κ3) is 2.25. The summed E-state index contributed by atoms with van der Waals surface area (Å²) in [7, 11) is 0. The van der Waals surface area contributed by atoms with E-state index in [4.69, 9.17) is 4.55 Å². The fraction of sp³-hybridized carbons (Fsp3) is 0. The van der Waals surface area contributed by atoms with Crippen LogP contribution in [0.15, 0.2) is 35.7 Å². The van der Waals surface area contributed by atoms with Gasteiger partial charge in [-0.15, -0.1) is 0 Å². The van der Waals surface area contributed by atoms with Crippen molar-refractivity contribution in [3.05, 3.63) is 41.3 Å². The van der Waals surface area contributed by atoms with Crippen LogP contribution < -0.4 is 0 Å². The zero-order chi connectivity index (χ0) is 7.23. The lowest BCUT2D eigenvalue weighted by Crippen LogP contribution is -1.65. The van der Waals surface area contributed by atoms with Gasteiger partial charge in [-0.2, -0.15) is 0 Å². The maximum Gasteiger partial charge on any atom is 0.0163 e. The van der Waals surface area contributed by atoms with Crippen molar-refractivity contribution in [3.8, 4) is 0 Å². The van der Waals surface area contributed by atoms with Crippen LogP contribution in [0.25, 0.3) is 6.08 Å². The van der Waals surface area contributed by atoms with E-state index in [1.807, 2.05) is 36.4 Å². The molecule has 1 nitrogen and oxygen atoms in total. The van der Waals surface area contributed by atoms with Crippen LogP contribution in [0.5, 0.6) is 0 Å². The Morgan fingerprint density at radius 3 is 2.50 bits per heavy atom. The number of benzene rings is 1. The van der Waals surface area contributed by atoms with E-state index in [-0.39, 0.29) is 0 Å². The number of hydrogen-bond donors (Lipinski definition) is 1. The van der Waals surface area contributed by atoms with Gasteiger partial charge in [-0.25, -0.2) is 0 Å². The van der Waals surface area contributed by atoms with Gasteiger partial charge >= 0.3 is 0 Å². The van der Waals surface area contributed by atoms with Crippen LogP contribution >= 0.6 is 12.0 Å². The minimum atomic E-state index is 0.716. The van der Waals surface area contributed by atoms with Gasteiger partial charge in [0.05, 0.1) is 0 Å². The Labute approximate surface area is 64.6 Å². The zero-order valence-corrected chi connectivity index (χ0v) is 6.21. The molecule has 1 rings (SSSR count). The third-order valence-electron chi connectivity index (χ3n) is 1.12. The van der Waals surface area contributed by atoms with Crippen molar-refractivity contribution in [3.63, 3.8) is 0 Å². The van der Waals surface area contributed by atoms with Gasteiger partial charge in [-0.05, 0) is 17.0 Å². The first-order valence-corrected chi connectivity index (χ1v) is 3.79. The van der Waals surface area contributed by atoms with Gasteiger partial charge in [0.15, 0.2) is 0 Å². The summed E-state index contributed by atoms with van der Waals surface area (Å²) >= 11 is 0.716. The molecule has 0 spiro atoms. The van der Waals surface area contributed by atoms with Gasteiger partial charge in [0.25, 0.3) is 0 Å². The second-order valence-electron chi connectivity index (χ2n) is 1.82. The summed E-state index contributed by atoms with van der Waals surface area (Å²) in [5, 5.41) is 1.63. The summed E-state index contributed by atoms with van der Waals surface area (Å²) in [6.07, 6.45) is 1.85. The van der Waals surface area contributed by atoms with Crippen LogP contribution in [0.2, 0.25) is 0 Å². The molecule has 0 aromatic heterocycles. The number of rotatable bonds is 2. The van der Waals surface area contributed by atoms with Crippen molar-refractivity contribution in [2.24, 2.45) is 0 Å². The quantitative estimate of drug-likeness (QED) is 0.657. The Bertz CT molecular complexity index is 206. The van der Waals surface area contributed by atoms with E-state index in [0.717, 1.165) is 5.56 Å². The standard InChI is InChI=1S/C8H8OS/c9-10-7-6-8-4-2-1-3-5-8/h1-7,9H. The molecule has 1 aromatic carbocycles. The second-order valence-corrected chi connectivity index (χ2v) is 2.30. The molecule has 1 aromatic rings. The summed E-state index contributed by atoms with van der Waals surface area (Å²) < 4.78 is 8.36. The SMILES string of the molecule is OSC=Cc1ccccc1. The van der Waals surface area contributed by atoms with Crippen LogP contribution in [0.4, 0.5) is 0 Å². The Hall–Kier alpha value is -0.730. The molecule has 0 aliphatic heterocycles. The van der Waals surface area contributed by atoms with Crippen LogP contribution in [-0.4, -0.2) is 4.55 Å². The largest absolute Gasteiger partial charge is 0.326 e. The first-order valence-electron chi connectivity index (χ1n) is 2.95. The van der Waals surface area contributed by atoms with Gasteiger partial charge in [-0.1, -0.05) is 30.3 Å². The van der Waals surface area contributed by atoms with E-state index in [1.165, 1.54) is 0 Å². The lowest BCUT2D eigenvalue weighted by molar-refractivity contribution is 0.671. The summed E-state index contributed by atoms with van der Waals surface area (Å²) in [6.45, 7) is 0. The Morgan fingerprint density at radius 2 is 1.90 bits per heavy atom. The molecule has 0 aliphatic rings. The zero-order valence-electron chi connectivity index (χ0n) is 5.40. The molecular weight excluding hydrogens is 144 g/mol. The molecule has 10 heavy (non-hydrogen) atoms. The third-order valence-corrected chi connectivity index (χ3v) is 1.38. The predicted octanol–water partition coefficient (Wildman–Crippen LogP) is 2.86. The summed E-state index contributed by atoms with van der Waals surface area (Å²) in [6, 6.07) is 9.84. The average Bonchev–Trinajstić information content (AvgIpc) is 2.03. The van der Waals surface area contributed by atoms with Crippen LogP contribution in [0, 0.1) is 0 Å². The van der Waals surface area contributed by atoms with Crippen molar-refractivity contribution >= 4 is 18.1 Å². The smallest absolute Gasteiger partial charge is 0.0163 e. The van der Waals surface area contributed by atoms with Crippen LogP contribution in [0.3, 0.4) is 0 Å². The second kappa shape index (κ2) is 4.14. The van der Waals surface area contributed by atoms with Gasteiger partial charge in [-0.3, -0.25) is 0 Å². The minimum absolute atomic E-state index is 0.716. The molecule has 0 atom stereocenters. The van der Waals surface area contributed by atoms with Crippen molar-refractivity contribution in [2.45, 2.75) is 0 Å². The number of hydrogen-bond acceptors (Lipinski definition) is 2. The molecule has 0 aliphatic carbocycles. The summed E-state index contributed by atoms with van der Waals surface area (Å²) in [5.74, 6) is 0. The van der Waals surface area contributed by atoms with Crippen molar-refractivity contribution in [2.75, 3.05) is 0 Å². The normalized spacial score (nSPS) is 10.5. The van der Waals surface area contributed by atoms with Gasteiger partial charge in [0.1, 0.15) is 0 Å². The molecule has 52 valence electrons. The summed E-state index contributed by atoms with van der Waals surface area (Å²) in [5.41, 5.74) is 1.10. The summed E-state index contributed by atoms with van der Waals surface area (Å²) in [4.78, 5) is 0. The molecule has 1 N–H and O–H groups in total. The molecule has 0 amide bonds. The highest BCUT2D eigenvalue weighted by molar-refractivity contribution is 7.96. The van der Waals surface area contributed by atoms with Gasteiger partial charge in [0, 0.05) is 12.0 Å². The average molecular weight is 152 g/mol. The van der Waals surface area contributed by atoms with E-state index >= 15 is 0 Å². The van der Waals surface area contributed by atoms with E-state index in [0.29, 0.717) is 12.0 Å². The lowest BCUT2D eigenvalue weighted by Gasteiger charge is -1.87. The van der Waals surface area contributed by atoms with E-state index < -0.39 is 0 Å². The minimum Gasteiger partial charge on any atom is -0.326 e. The molecule has 0 radical (unpaired) electrons. The molecule has 0 saturated heterocycles. The van der Waals surface area contributed by atoms with Crippen molar-refractivity contribution < 1.29 is 4.55 Å². The Kier molecular flexibility index (Phi) is 3.06. The molecule has 0 fully saturated rings. The van der Waals surface area contributed by atoms with Crippen LogP contribution in [-0.2, 0) is 0 Å². The van der Waals surface area contributed by atoms with Crippen molar-refractivity contribution in [1.82, 2.24) is 0 Å². The molecule has 0 unspecified atom stereocenters. The molecule has 2 heteroatoms.